The maximum atomic E-state index is 12.2. The quantitative estimate of drug-likeness (QED) is 0.404. The van der Waals surface area contributed by atoms with Crippen LogP contribution in [0.5, 0.6) is 0 Å². The Morgan fingerprint density at radius 2 is 1.90 bits per heavy atom. The van der Waals surface area contributed by atoms with Crippen molar-refractivity contribution in [1.82, 2.24) is 0 Å². The molecule has 0 aromatic heterocycles. The Morgan fingerprint density at radius 1 is 1.35 bits per heavy atom. The van der Waals surface area contributed by atoms with Gasteiger partial charge in [-0.1, -0.05) is 6.92 Å². The van der Waals surface area contributed by atoms with Crippen LogP contribution in [0.1, 0.15) is 13.3 Å². The third-order valence-electron chi connectivity index (χ3n) is 2.79. The zero-order valence-electron chi connectivity index (χ0n) is 10.8. The lowest BCUT2D eigenvalue weighted by Crippen LogP contribution is -2.31. The standard InChI is InChI=1S/C12H13I3N2O3/c1-5(12(19)20)3-8(18)17(2)11-7(14)4-6(13)10(16)9(11)15/h4-5H,3,16H2,1-2H3,(H,19,20). The van der Waals surface area contributed by atoms with E-state index in [1.807, 2.05) is 6.07 Å². The molecule has 110 valence electrons. The van der Waals surface area contributed by atoms with Gasteiger partial charge in [0.05, 0.1) is 20.9 Å². The number of hydrogen-bond acceptors (Lipinski definition) is 3. The van der Waals surface area contributed by atoms with Gasteiger partial charge in [0.1, 0.15) is 0 Å². The number of nitrogen functional groups attached to an aromatic ring is 1. The van der Waals surface area contributed by atoms with Gasteiger partial charge in [-0.2, -0.15) is 0 Å². The van der Waals surface area contributed by atoms with E-state index in [1.54, 1.807) is 7.05 Å². The molecule has 5 nitrogen and oxygen atoms in total. The minimum absolute atomic E-state index is 0.0378. The largest absolute Gasteiger partial charge is 0.481 e. The molecule has 1 aromatic carbocycles. The highest BCUT2D eigenvalue weighted by Crippen LogP contribution is 2.35. The Morgan fingerprint density at radius 3 is 2.40 bits per heavy atom. The van der Waals surface area contributed by atoms with Crippen LogP contribution < -0.4 is 10.6 Å². The van der Waals surface area contributed by atoms with Gasteiger partial charge in [-0.05, 0) is 73.8 Å². The lowest BCUT2D eigenvalue weighted by molar-refractivity contribution is -0.143. The first-order valence-corrected chi connectivity index (χ1v) is 8.82. The van der Waals surface area contributed by atoms with Crippen molar-refractivity contribution in [3.05, 3.63) is 16.8 Å². The molecule has 0 spiro atoms. The minimum atomic E-state index is -0.974. The molecular weight excluding hydrogens is 601 g/mol. The van der Waals surface area contributed by atoms with Crippen molar-refractivity contribution in [3.8, 4) is 0 Å². The first-order valence-electron chi connectivity index (χ1n) is 5.59. The molecule has 0 saturated carbocycles. The van der Waals surface area contributed by atoms with E-state index in [1.165, 1.54) is 11.8 Å². The predicted molar refractivity (Wildman–Crippen MR) is 104 cm³/mol. The number of amides is 1. The highest BCUT2D eigenvalue weighted by atomic mass is 127. The Hall–Kier alpha value is 0.150. The fourth-order valence-electron chi connectivity index (χ4n) is 1.51. The smallest absolute Gasteiger partial charge is 0.306 e. The fraction of sp³-hybridized carbons (Fsp3) is 0.333. The molecular formula is C12H13I3N2O3. The minimum Gasteiger partial charge on any atom is -0.481 e. The second kappa shape index (κ2) is 7.42. The van der Waals surface area contributed by atoms with Crippen molar-refractivity contribution >= 4 is 91.0 Å². The number of benzene rings is 1. The zero-order valence-corrected chi connectivity index (χ0v) is 17.3. The van der Waals surface area contributed by atoms with Gasteiger partial charge in [0.15, 0.2) is 0 Å². The summed E-state index contributed by atoms with van der Waals surface area (Å²) < 4.78 is 2.64. The summed E-state index contributed by atoms with van der Waals surface area (Å²) >= 11 is 6.40. The average Bonchev–Trinajstić information content (AvgIpc) is 2.35. The van der Waals surface area contributed by atoms with Crippen LogP contribution in [0.15, 0.2) is 6.07 Å². The molecule has 3 N–H and O–H groups in total. The molecule has 0 aliphatic heterocycles. The van der Waals surface area contributed by atoms with Crippen LogP contribution in [0, 0.1) is 16.6 Å². The molecule has 0 bridgehead atoms. The first-order chi connectivity index (χ1) is 9.16. The molecule has 20 heavy (non-hydrogen) atoms. The number of anilines is 2. The highest BCUT2D eigenvalue weighted by Gasteiger charge is 2.23. The van der Waals surface area contributed by atoms with E-state index in [2.05, 4.69) is 67.8 Å². The van der Waals surface area contributed by atoms with Crippen molar-refractivity contribution in [3.63, 3.8) is 0 Å². The van der Waals surface area contributed by atoms with Crippen molar-refractivity contribution < 1.29 is 14.7 Å². The van der Waals surface area contributed by atoms with Crippen molar-refractivity contribution in [2.45, 2.75) is 13.3 Å². The maximum Gasteiger partial charge on any atom is 0.306 e. The Bertz CT molecular complexity index is 563. The maximum absolute atomic E-state index is 12.2. The lowest BCUT2D eigenvalue weighted by Gasteiger charge is -2.22. The predicted octanol–water partition coefficient (Wildman–Crippen LogP) is 3.16. The summed E-state index contributed by atoms with van der Waals surface area (Å²) in [5.41, 5.74) is 7.35. The molecule has 0 heterocycles. The zero-order chi connectivity index (χ0) is 15.6. The van der Waals surface area contributed by atoms with E-state index in [9.17, 15) is 9.59 Å². The van der Waals surface area contributed by atoms with Gasteiger partial charge in [-0.3, -0.25) is 9.59 Å². The summed E-state index contributed by atoms with van der Waals surface area (Å²) in [6, 6.07) is 1.90. The number of carboxylic acid groups (broad SMARTS) is 1. The van der Waals surface area contributed by atoms with Crippen LogP contribution in [-0.4, -0.2) is 24.0 Å². The number of nitrogens with zero attached hydrogens (tertiary/aromatic N) is 1. The summed E-state index contributed by atoms with van der Waals surface area (Å²) in [5, 5.41) is 8.88. The number of aliphatic carboxylic acids is 1. The summed E-state index contributed by atoms with van der Waals surface area (Å²) in [4.78, 5) is 24.5. The molecule has 0 radical (unpaired) electrons. The number of nitrogens with two attached hydrogens (primary N) is 1. The Kier molecular flexibility index (Phi) is 6.76. The number of hydrogen-bond donors (Lipinski definition) is 2. The van der Waals surface area contributed by atoms with E-state index < -0.39 is 11.9 Å². The van der Waals surface area contributed by atoms with Crippen LogP contribution in [-0.2, 0) is 9.59 Å². The molecule has 1 atom stereocenters. The molecule has 1 rings (SSSR count). The van der Waals surface area contributed by atoms with E-state index in [0.29, 0.717) is 5.69 Å². The second-order valence-electron chi connectivity index (χ2n) is 4.31. The summed E-state index contributed by atoms with van der Waals surface area (Å²) in [6.07, 6.45) is -0.0378. The van der Waals surface area contributed by atoms with Gasteiger partial charge >= 0.3 is 5.97 Å². The van der Waals surface area contributed by atoms with E-state index >= 15 is 0 Å². The molecule has 1 aromatic rings. The Balaban J connectivity index is 3.10. The molecule has 1 unspecified atom stereocenters. The van der Waals surface area contributed by atoms with Crippen molar-refractivity contribution in [2.75, 3.05) is 17.7 Å². The van der Waals surface area contributed by atoms with Crippen LogP contribution in [0.3, 0.4) is 0 Å². The number of carbonyl (C=O) groups is 2. The van der Waals surface area contributed by atoms with Gasteiger partial charge in [0.25, 0.3) is 0 Å². The summed E-state index contributed by atoms with van der Waals surface area (Å²) in [7, 11) is 1.64. The van der Waals surface area contributed by atoms with Crippen LogP contribution >= 0.6 is 67.8 Å². The molecule has 0 saturated heterocycles. The van der Waals surface area contributed by atoms with E-state index in [-0.39, 0.29) is 12.3 Å². The van der Waals surface area contributed by atoms with Crippen LogP contribution in [0.4, 0.5) is 11.4 Å². The third kappa shape index (κ3) is 4.08. The molecule has 0 aliphatic carbocycles. The van der Waals surface area contributed by atoms with Crippen molar-refractivity contribution in [1.29, 1.82) is 0 Å². The third-order valence-corrected chi connectivity index (χ3v) is 5.60. The number of carbonyl (C=O) groups excluding carboxylic acids is 1. The van der Waals surface area contributed by atoms with E-state index in [4.69, 9.17) is 10.8 Å². The number of halogens is 3. The molecule has 8 heteroatoms. The monoisotopic (exact) mass is 614 g/mol. The normalized spacial score (nSPS) is 12.1. The summed E-state index contributed by atoms with van der Waals surface area (Å²) in [6.45, 7) is 1.52. The summed E-state index contributed by atoms with van der Waals surface area (Å²) in [5.74, 6) is -1.92. The fourth-order valence-corrected chi connectivity index (χ4v) is 5.61. The molecule has 0 aliphatic rings. The lowest BCUT2D eigenvalue weighted by atomic mass is 10.1. The van der Waals surface area contributed by atoms with Crippen LogP contribution in [0.2, 0.25) is 0 Å². The van der Waals surface area contributed by atoms with Gasteiger partial charge in [-0.15, -0.1) is 0 Å². The van der Waals surface area contributed by atoms with Gasteiger partial charge in [0, 0.05) is 20.6 Å². The van der Waals surface area contributed by atoms with E-state index in [0.717, 1.165) is 16.4 Å². The molecule has 1 amide bonds. The van der Waals surface area contributed by atoms with Gasteiger partial charge in [0.2, 0.25) is 5.91 Å². The first kappa shape index (κ1) is 18.2. The van der Waals surface area contributed by atoms with Crippen molar-refractivity contribution in [2.24, 2.45) is 5.92 Å². The highest BCUT2D eigenvalue weighted by molar-refractivity contribution is 14.1. The van der Waals surface area contributed by atoms with Gasteiger partial charge < -0.3 is 15.7 Å². The Labute approximate surface area is 158 Å². The number of rotatable bonds is 4. The van der Waals surface area contributed by atoms with Crippen LogP contribution in [0.25, 0.3) is 0 Å². The number of carboxylic acids is 1. The topological polar surface area (TPSA) is 83.6 Å². The molecule has 0 fully saturated rings. The van der Waals surface area contributed by atoms with Gasteiger partial charge in [-0.25, -0.2) is 0 Å². The average molecular weight is 614 g/mol. The SMILES string of the molecule is CC(CC(=O)N(C)c1c(I)cc(I)c(N)c1I)C(=O)O. The second-order valence-corrected chi connectivity index (χ2v) is 7.72.